The molecule has 2 unspecified atom stereocenters. The lowest BCUT2D eigenvalue weighted by atomic mass is 10.3. The van der Waals surface area contributed by atoms with E-state index in [0.29, 0.717) is 27.6 Å². The molecular weight excluding hydrogens is 484 g/mol. The number of anilines is 1. The number of nitrogens with zero attached hydrogens (tertiary/aromatic N) is 5. The van der Waals surface area contributed by atoms with Crippen LogP contribution in [-0.4, -0.2) is 43.2 Å². The third-order valence-corrected chi connectivity index (χ3v) is 7.07. The van der Waals surface area contributed by atoms with Crippen LogP contribution in [0.4, 0.5) is 5.13 Å². The Bertz CT molecular complexity index is 1280. The second kappa shape index (κ2) is 11.3. The summed E-state index contributed by atoms with van der Waals surface area (Å²) in [4.78, 5) is 12.8. The van der Waals surface area contributed by atoms with Gasteiger partial charge < -0.3 is 9.47 Å². The van der Waals surface area contributed by atoms with E-state index in [1.165, 1.54) is 23.1 Å². The summed E-state index contributed by atoms with van der Waals surface area (Å²) < 4.78 is 13.4. The van der Waals surface area contributed by atoms with E-state index >= 15 is 0 Å². The van der Waals surface area contributed by atoms with Gasteiger partial charge in [-0.2, -0.15) is 0 Å². The van der Waals surface area contributed by atoms with Crippen LogP contribution in [0.25, 0.3) is 5.69 Å². The molecule has 2 aromatic carbocycles. The van der Waals surface area contributed by atoms with Crippen LogP contribution in [0.15, 0.2) is 59.8 Å². The lowest BCUT2D eigenvalue weighted by Gasteiger charge is -2.17. The van der Waals surface area contributed by atoms with Gasteiger partial charge in [0.2, 0.25) is 11.0 Å². The number of amides is 1. The zero-order valence-corrected chi connectivity index (χ0v) is 21.5. The Labute approximate surface area is 211 Å². The fourth-order valence-corrected chi connectivity index (χ4v) is 4.79. The molecule has 0 aliphatic carbocycles. The summed E-state index contributed by atoms with van der Waals surface area (Å²) >= 11 is 2.69. The van der Waals surface area contributed by atoms with E-state index in [1.807, 2.05) is 79.9 Å². The first-order chi connectivity index (χ1) is 17.0. The number of carbonyl (C=O) groups is 1. The highest BCUT2D eigenvalue weighted by atomic mass is 32.2. The fraction of sp³-hybridized carbons (Fsp3) is 0.292. The first kappa shape index (κ1) is 24.7. The average molecular weight is 511 g/mol. The molecule has 0 bridgehead atoms. The van der Waals surface area contributed by atoms with Crippen molar-refractivity contribution >= 4 is 34.1 Å². The zero-order valence-electron chi connectivity index (χ0n) is 19.8. The van der Waals surface area contributed by atoms with Gasteiger partial charge in [-0.15, -0.1) is 20.4 Å². The van der Waals surface area contributed by atoms with Crippen LogP contribution in [0.2, 0.25) is 0 Å². The van der Waals surface area contributed by atoms with Crippen molar-refractivity contribution in [2.24, 2.45) is 0 Å². The topological polar surface area (TPSA) is 104 Å². The number of ether oxygens (including phenoxy) is 2. The molecule has 1 N–H and O–H groups in total. The zero-order chi connectivity index (χ0) is 24.8. The highest BCUT2D eigenvalue weighted by Gasteiger charge is 2.25. The smallest absolute Gasteiger partial charge is 0.239 e. The molecule has 0 aliphatic heterocycles. The van der Waals surface area contributed by atoms with Gasteiger partial charge in [0.25, 0.3) is 0 Å². The number of para-hydroxylation sites is 1. The van der Waals surface area contributed by atoms with Crippen molar-refractivity contribution in [2.75, 3.05) is 12.4 Å². The maximum atomic E-state index is 12.8. The van der Waals surface area contributed by atoms with Crippen LogP contribution in [0.5, 0.6) is 11.5 Å². The fourth-order valence-electron chi connectivity index (χ4n) is 3.24. The summed E-state index contributed by atoms with van der Waals surface area (Å²) in [6.45, 7) is 5.73. The molecule has 4 rings (SSSR count). The molecular formula is C24H26N6O3S2. The molecule has 182 valence electrons. The van der Waals surface area contributed by atoms with Crippen LogP contribution in [-0.2, 0) is 11.2 Å². The van der Waals surface area contributed by atoms with Gasteiger partial charge in [0.1, 0.15) is 16.5 Å². The van der Waals surface area contributed by atoms with Gasteiger partial charge in [0, 0.05) is 11.8 Å². The lowest BCUT2D eigenvalue weighted by molar-refractivity contribution is -0.115. The Morgan fingerprint density at radius 2 is 1.83 bits per heavy atom. The van der Waals surface area contributed by atoms with E-state index < -0.39 is 11.4 Å². The van der Waals surface area contributed by atoms with Crippen molar-refractivity contribution in [1.82, 2.24) is 25.0 Å². The summed E-state index contributed by atoms with van der Waals surface area (Å²) in [5.74, 6) is 1.80. The van der Waals surface area contributed by atoms with Crippen molar-refractivity contribution in [3.05, 3.63) is 65.4 Å². The van der Waals surface area contributed by atoms with Crippen molar-refractivity contribution in [3.8, 4) is 17.2 Å². The monoisotopic (exact) mass is 510 g/mol. The van der Waals surface area contributed by atoms with E-state index in [9.17, 15) is 4.79 Å². The number of nitrogens with one attached hydrogen (secondary N) is 1. The SMILES string of the molecule is CCc1nnc(NC(=O)C(C)Sc2nnc(C(C)Oc3cccc(OC)c3)n2-c2ccccc2)s1. The van der Waals surface area contributed by atoms with Crippen molar-refractivity contribution in [3.63, 3.8) is 0 Å². The van der Waals surface area contributed by atoms with Crippen LogP contribution in [0.3, 0.4) is 0 Å². The summed E-state index contributed by atoms with van der Waals surface area (Å²) in [5.41, 5.74) is 0.875. The van der Waals surface area contributed by atoms with Gasteiger partial charge in [-0.05, 0) is 44.5 Å². The van der Waals surface area contributed by atoms with Gasteiger partial charge in [-0.1, -0.05) is 54.3 Å². The van der Waals surface area contributed by atoms with Crippen molar-refractivity contribution < 1.29 is 14.3 Å². The molecule has 2 atom stereocenters. The first-order valence-electron chi connectivity index (χ1n) is 11.1. The molecule has 0 spiro atoms. The molecule has 2 aromatic heterocycles. The molecule has 0 saturated heterocycles. The number of hydrogen-bond donors (Lipinski definition) is 1. The molecule has 35 heavy (non-hydrogen) atoms. The number of carbonyl (C=O) groups excluding carboxylic acids is 1. The second-order valence-electron chi connectivity index (χ2n) is 7.55. The molecule has 11 heteroatoms. The van der Waals surface area contributed by atoms with Gasteiger partial charge in [-0.3, -0.25) is 14.7 Å². The van der Waals surface area contributed by atoms with Crippen molar-refractivity contribution in [2.45, 2.75) is 43.7 Å². The largest absolute Gasteiger partial charge is 0.497 e. The second-order valence-corrected chi connectivity index (χ2v) is 9.92. The maximum Gasteiger partial charge on any atom is 0.239 e. The van der Waals surface area contributed by atoms with Crippen LogP contribution >= 0.6 is 23.1 Å². The van der Waals surface area contributed by atoms with Crippen molar-refractivity contribution in [1.29, 1.82) is 0 Å². The van der Waals surface area contributed by atoms with Crippen LogP contribution < -0.4 is 14.8 Å². The highest BCUT2D eigenvalue weighted by Crippen LogP contribution is 2.31. The number of aromatic nitrogens is 5. The number of rotatable bonds is 10. The predicted octanol–water partition coefficient (Wildman–Crippen LogP) is 4.95. The van der Waals surface area contributed by atoms with Gasteiger partial charge in [0.15, 0.2) is 17.1 Å². The number of aryl methyl sites for hydroxylation is 1. The normalized spacial score (nSPS) is 12.7. The number of methoxy groups -OCH3 is 1. The minimum Gasteiger partial charge on any atom is -0.497 e. The summed E-state index contributed by atoms with van der Waals surface area (Å²) in [5, 5.41) is 21.3. The minimum atomic E-state index is -0.446. The van der Waals surface area contributed by atoms with E-state index in [0.717, 1.165) is 17.1 Å². The third-order valence-electron chi connectivity index (χ3n) is 5.04. The summed E-state index contributed by atoms with van der Waals surface area (Å²) in [7, 11) is 1.61. The average Bonchev–Trinajstić information content (AvgIpc) is 3.51. The quantitative estimate of drug-likeness (QED) is 0.299. The molecule has 1 amide bonds. The summed E-state index contributed by atoms with van der Waals surface area (Å²) in [6, 6.07) is 17.2. The Morgan fingerprint density at radius 3 is 2.54 bits per heavy atom. The Balaban J connectivity index is 1.57. The minimum absolute atomic E-state index is 0.182. The van der Waals surface area contributed by atoms with Crippen LogP contribution in [0.1, 0.15) is 37.7 Å². The van der Waals surface area contributed by atoms with Crippen LogP contribution in [0, 0.1) is 0 Å². The van der Waals surface area contributed by atoms with Gasteiger partial charge in [-0.25, -0.2) is 0 Å². The number of hydrogen-bond acceptors (Lipinski definition) is 9. The lowest BCUT2D eigenvalue weighted by Crippen LogP contribution is -2.23. The number of thioether (sulfide) groups is 1. The standard InChI is InChI=1S/C24H26N6O3S2/c1-5-20-26-28-23(35-20)25-22(31)16(3)34-24-29-27-21(30(24)17-10-7-6-8-11-17)15(2)33-19-13-9-12-18(14-19)32-4/h6-16H,5H2,1-4H3,(H,25,28,31). The summed E-state index contributed by atoms with van der Waals surface area (Å²) in [6.07, 6.45) is 0.360. The van der Waals surface area contributed by atoms with E-state index in [2.05, 4.69) is 25.7 Å². The Hall–Kier alpha value is -3.44. The van der Waals surface area contributed by atoms with E-state index in [4.69, 9.17) is 9.47 Å². The Morgan fingerprint density at radius 1 is 1.06 bits per heavy atom. The predicted molar refractivity (Wildman–Crippen MR) is 137 cm³/mol. The third kappa shape index (κ3) is 5.98. The Kier molecular flexibility index (Phi) is 7.98. The van der Waals surface area contributed by atoms with E-state index in [1.54, 1.807) is 7.11 Å². The van der Waals surface area contributed by atoms with Gasteiger partial charge in [0.05, 0.1) is 12.4 Å². The molecule has 9 nitrogen and oxygen atoms in total. The molecule has 0 radical (unpaired) electrons. The molecule has 0 saturated carbocycles. The molecule has 0 aliphatic rings. The highest BCUT2D eigenvalue weighted by molar-refractivity contribution is 8.00. The molecule has 2 heterocycles. The number of benzene rings is 2. The van der Waals surface area contributed by atoms with E-state index in [-0.39, 0.29) is 5.91 Å². The first-order valence-corrected chi connectivity index (χ1v) is 12.8. The molecule has 0 fully saturated rings. The maximum absolute atomic E-state index is 12.8. The van der Waals surface area contributed by atoms with Gasteiger partial charge >= 0.3 is 0 Å². The molecule has 4 aromatic rings.